The average molecular weight is 222 g/mol. The Kier molecular flexibility index (Phi) is 3.37. The summed E-state index contributed by atoms with van der Waals surface area (Å²) in [5.41, 5.74) is 1.68. The van der Waals surface area contributed by atoms with Gasteiger partial charge in [0.2, 0.25) is 0 Å². The van der Waals surface area contributed by atoms with Gasteiger partial charge >= 0.3 is 0 Å². The zero-order valence-electron chi connectivity index (χ0n) is 8.95. The van der Waals surface area contributed by atoms with Crippen LogP contribution in [-0.4, -0.2) is 5.11 Å². The molecular weight excluding hydrogens is 204 g/mol. The second kappa shape index (κ2) is 4.58. The zero-order valence-corrected chi connectivity index (χ0v) is 9.84. The molecule has 2 rings (SSSR count). The molecule has 1 aromatic rings. The van der Waals surface area contributed by atoms with Crippen LogP contribution in [0.3, 0.4) is 0 Å². The molecule has 1 saturated carbocycles. The molecule has 2 heteroatoms. The third-order valence-electron chi connectivity index (χ3n) is 3.37. The van der Waals surface area contributed by atoms with Gasteiger partial charge in [-0.15, -0.1) is 0 Å². The van der Waals surface area contributed by atoms with Crippen LogP contribution in [0.5, 0.6) is 0 Å². The second-order valence-corrected chi connectivity index (χ2v) is 4.72. The predicted octanol–water partition coefficient (Wildman–Crippen LogP) is 3.27. The van der Waals surface area contributed by atoms with Crippen molar-refractivity contribution < 1.29 is 5.11 Å². The molecule has 0 amide bonds. The van der Waals surface area contributed by atoms with Crippen molar-refractivity contribution in [2.45, 2.75) is 43.5 Å². The first-order chi connectivity index (χ1) is 7.26. The molecule has 0 heterocycles. The van der Waals surface area contributed by atoms with Gasteiger partial charge in [-0.2, -0.15) is 12.6 Å². The molecule has 0 radical (unpaired) electrons. The lowest BCUT2D eigenvalue weighted by Gasteiger charge is -2.34. The standard InChI is InChI=1S/C13H18OS/c14-13(8-4-1-5-9-13)12-7-3-2-6-11(12)10-15/h2-3,6-7,14-15H,1,4-5,8-10H2. The molecule has 0 bridgehead atoms. The molecule has 0 unspecified atom stereocenters. The smallest absolute Gasteiger partial charge is 0.0899 e. The van der Waals surface area contributed by atoms with E-state index in [0.717, 1.165) is 31.2 Å². The largest absolute Gasteiger partial charge is 0.385 e. The maximum Gasteiger partial charge on any atom is 0.0899 e. The van der Waals surface area contributed by atoms with Gasteiger partial charge in [0.25, 0.3) is 0 Å². The van der Waals surface area contributed by atoms with Crippen LogP contribution >= 0.6 is 12.6 Å². The fourth-order valence-corrected chi connectivity index (χ4v) is 2.79. The van der Waals surface area contributed by atoms with E-state index in [1.807, 2.05) is 12.1 Å². The van der Waals surface area contributed by atoms with Crippen molar-refractivity contribution in [1.29, 1.82) is 0 Å². The molecule has 1 aliphatic rings. The molecule has 0 spiro atoms. The predicted molar refractivity (Wildman–Crippen MR) is 66.1 cm³/mol. The Hall–Kier alpha value is -0.470. The minimum atomic E-state index is -0.586. The number of hydrogen-bond acceptors (Lipinski definition) is 2. The quantitative estimate of drug-likeness (QED) is 0.736. The van der Waals surface area contributed by atoms with Crippen LogP contribution in [-0.2, 0) is 11.4 Å². The van der Waals surface area contributed by atoms with Gasteiger partial charge in [0.1, 0.15) is 0 Å². The Balaban J connectivity index is 2.34. The Bertz CT molecular complexity index is 329. The molecule has 0 atom stereocenters. The van der Waals surface area contributed by atoms with Gasteiger partial charge in [-0.1, -0.05) is 43.5 Å². The second-order valence-electron chi connectivity index (χ2n) is 4.41. The van der Waals surface area contributed by atoms with E-state index in [2.05, 4.69) is 24.8 Å². The normalized spacial score (nSPS) is 20.1. The molecular formula is C13H18OS. The Morgan fingerprint density at radius 3 is 2.47 bits per heavy atom. The summed E-state index contributed by atoms with van der Waals surface area (Å²) in [6.45, 7) is 0. The van der Waals surface area contributed by atoms with Crippen LogP contribution in [0.25, 0.3) is 0 Å². The maximum absolute atomic E-state index is 10.6. The topological polar surface area (TPSA) is 20.2 Å². The van der Waals surface area contributed by atoms with Gasteiger partial charge in [-0.3, -0.25) is 0 Å². The summed E-state index contributed by atoms with van der Waals surface area (Å²) in [7, 11) is 0. The third-order valence-corrected chi connectivity index (χ3v) is 3.71. The van der Waals surface area contributed by atoms with Crippen molar-refractivity contribution >= 4 is 12.6 Å². The Labute approximate surface area is 96.9 Å². The molecule has 82 valence electrons. The first-order valence-corrected chi connectivity index (χ1v) is 6.31. The highest BCUT2D eigenvalue weighted by Gasteiger charge is 2.32. The van der Waals surface area contributed by atoms with Gasteiger partial charge in [0.05, 0.1) is 5.60 Å². The van der Waals surface area contributed by atoms with Gasteiger partial charge in [-0.25, -0.2) is 0 Å². The van der Waals surface area contributed by atoms with Gasteiger partial charge < -0.3 is 5.11 Å². The first kappa shape index (κ1) is 11.0. The monoisotopic (exact) mass is 222 g/mol. The van der Waals surface area contributed by atoms with Crippen molar-refractivity contribution in [3.8, 4) is 0 Å². The van der Waals surface area contributed by atoms with Crippen molar-refractivity contribution in [2.75, 3.05) is 0 Å². The van der Waals surface area contributed by atoms with E-state index in [1.54, 1.807) is 0 Å². The lowest BCUT2D eigenvalue weighted by atomic mass is 9.78. The van der Waals surface area contributed by atoms with E-state index in [-0.39, 0.29) is 0 Å². The fraction of sp³-hybridized carbons (Fsp3) is 0.538. The highest BCUT2D eigenvalue weighted by atomic mass is 32.1. The van der Waals surface area contributed by atoms with E-state index in [9.17, 15) is 5.11 Å². The lowest BCUT2D eigenvalue weighted by molar-refractivity contribution is -0.00122. The Morgan fingerprint density at radius 2 is 1.80 bits per heavy atom. The lowest BCUT2D eigenvalue weighted by Crippen LogP contribution is -2.29. The molecule has 1 N–H and O–H groups in total. The van der Waals surface area contributed by atoms with Crippen molar-refractivity contribution in [3.63, 3.8) is 0 Å². The van der Waals surface area contributed by atoms with Crippen LogP contribution in [0, 0.1) is 0 Å². The van der Waals surface area contributed by atoms with E-state index in [4.69, 9.17) is 0 Å². The molecule has 15 heavy (non-hydrogen) atoms. The summed E-state index contributed by atoms with van der Waals surface area (Å²) in [5.74, 6) is 0.707. The highest BCUT2D eigenvalue weighted by Crippen LogP contribution is 2.38. The number of hydrogen-bond donors (Lipinski definition) is 2. The summed E-state index contributed by atoms with van der Waals surface area (Å²) in [5, 5.41) is 10.6. The van der Waals surface area contributed by atoms with Crippen LogP contribution in [0.4, 0.5) is 0 Å². The van der Waals surface area contributed by atoms with E-state index >= 15 is 0 Å². The minimum Gasteiger partial charge on any atom is -0.385 e. The molecule has 0 aromatic heterocycles. The van der Waals surface area contributed by atoms with Crippen molar-refractivity contribution in [2.24, 2.45) is 0 Å². The number of benzene rings is 1. The highest BCUT2D eigenvalue weighted by molar-refractivity contribution is 7.79. The molecule has 1 nitrogen and oxygen atoms in total. The van der Waals surface area contributed by atoms with E-state index in [0.29, 0.717) is 5.75 Å². The number of rotatable bonds is 2. The Morgan fingerprint density at radius 1 is 1.13 bits per heavy atom. The van der Waals surface area contributed by atoms with Gasteiger partial charge in [0.15, 0.2) is 0 Å². The summed E-state index contributed by atoms with van der Waals surface area (Å²) in [4.78, 5) is 0. The maximum atomic E-state index is 10.6. The molecule has 0 saturated heterocycles. The third kappa shape index (κ3) is 2.21. The van der Waals surface area contributed by atoms with Crippen LogP contribution < -0.4 is 0 Å². The first-order valence-electron chi connectivity index (χ1n) is 5.68. The summed E-state index contributed by atoms with van der Waals surface area (Å²) in [6, 6.07) is 8.14. The van der Waals surface area contributed by atoms with Crippen LogP contribution in [0.2, 0.25) is 0 Å². The number of aliphatic hydroxyl groups is 1. The van der Waals surface area contributed by atoms with Gasteiger partial charge in [0, 0.05) is 5.75 Å². The minimum absolute atomic E-state index is 0.586. The van der Waals surface area contributed by atoms with Crippen molar-refractivity contribution in [1.82, 2.24) is 0 Å². The summed E-state index contributed by atoms with van der Waals surface area (Å²) < 4.78 is 0. The average Bonchev–Trinajstić information content (AvgIpc) is 2.30. The van der Waals surface area contributed by atoms with Crippen molar-refractivity contribution in [3.05, 3.63) is 35.4 Å². The van der Waals surface area contributed by atoms with E-state index in [1.165, 1.54) is 12.0 Å². The molecule has 1 aliphatic carbocycles. The van der Waals surface area contributed by atoms with E-state index < -0.39 is 5.60 Å². The fourth-order valence-electron chi connectivity index (χ4n) is 2.52. The van der Waals surface area contributed by atoms with Crippen LogP contribution in [0.15, 0.2) is 24.3 Å². The zero-order chi connectivity index (χ0) is 10.7. The molecule has 0 aliphatic heterocycles. The molecule has 1 aromatic carbocycles. The van der Waals surface area contributed by atoms with Gasteiger partial charge in [-0.05, 0) is 24.0 Å². The molecule has 1 fully saturated rings. The summed E-state index contributed by atoms with van der Waals surface area (Å²) in [6.07, 6.45) is 5.33. The summed E-state index contributed by atoms with van der Waals surface area (Å²) >= 11 is 4.33. The number of thiol groups is 1. The SMILES string of the molecule is OC1(c2ccccc2CS)CCCCC1. The van der Waals surface area contributed by atoms with Crippen LogP contribution in [0.1, 0.15) is 43.2 Å².